The predicted octanol–water partition coefficient (Wildman–Crippen LogP) is 3.11. The largest absolute Gasteiger partial charge is 0.278 e. The van der Waals surface area contributed by atoms with Gasteiger partial charge in [-0.25, -0.2) is 0 Å². The van der Waals surface area contributed by atoms with Gasteiger partial charge in [-0.15, -0.1) is 0 Å². The maximum absolute atomic E-state index is 12.5. The molecule has 1 aliphatic heterocycles. The van der Waals surface area contributed by atoms with Crippen molar-refractivity contribution in [2.75, 3.05) is 0 Å². The molecule has 1 heterocycles. The maximum Gasteiger partial charge on any atom is 0.233 e. The Hall–Kier alpha value is -0.680. The molecule has 2 fully saturated rings. The third kappa shape index (κ3) is 2.46. The lowest BCUT2D eigenvalue weighted by Gasteiger charge is -2.29. The van der Waals surface area contributed by atoms with Crippen LogP contribution in [-0.4, -0.2) is 26.4 Å². The first-order valence-electron chi connectivity index (χ1n) is 6.75. The number of amides is 2. The molecule has 1 aromatic rings. The van der Waals surface area contributed by atoms with Gasteiger partial charge < -0.3 is 0 Å². The number of nitrogens with zero attached hydrogens (tertiary/aromatic N) is 1. The van der Waals surface area contributed by atoms with Crippen LogP contribution in [0.15, 0.2) is 30.3 Å². The van der Waals surface area contributed by atoms with Gasteiger partial charge in [0.05, 0.1) is 18.4 Å². The lowest BCUT2D eigenvalue weighted by molar-refractivity contribution is -0.140. The highest BCUT2D eigenvalue weighted by atomic mass is 79.9. The Kier molecular flexibility index (Phi) is 4.00. The number of fused-ring (bicyclic) bond motifs is 1. The molecule has 106 valence electrons. The van der Waals surface area contributed by atoms with Crippen molar-refractivity contribution in [2.45, 2.75) is 29.0 Å². The van der Waals surface area contributed by atoms with E-state index in [-0.39, 0.29) is 33.3 Å². The summed E-state index contributed by atoms with van der Waals surface area (Å²) in [7, 11) is 0. The first-order chi connectivity index (χ1) is 9.58. The van der Waals surface area contributed by atoms with Crippen molar-refractivity contribution in [3.63, 3.8) is 0 Å². The van der Waals surface area contributed by atoms with Crippen molar-refractivity contribution >= 4 is 43.7 Å². The van der Waals surface area contributed by atoms with E-state index in [1.165, 1.54) is 4.90 Å². The summed E-state index contributed by atoms with van der Waals surface area (Å²) in [6, 6.07) is 9.68. The van der Waals surface area contributed by atoms with Gasteiger partial charge in [0.15, 0.2) is 0 Å². The molecule has 0 bridgehead atoms. The van der Waals surface area contributed by atoms with Crippen LogP contribution in [0.4, 0.5) is 0 Å². The Morgan fingerprint density at radius 1 is 0.950 bits per heavy atom. The van der Waals surface area contributed by atoms with Crippen LogP contribution in [0, 0.1) is 11.8 Å². The Morgan fingerprint density at radius 2 is 1.45 bits per heavy atom. The van der Waals surface area contributed by atoms with Gasteiger partial charge in [0.1, 0.15) is 0 Å². The van der Waals surface area contributed by atoms with E-state index in [9.17, 15) is 9.59 Å². The van der Waals surface area contributed by atoms with E-state index < -0.39 is 0 Å². The van der Waals surface area contributed by atoms with Gasteiger partial charge in [0, 0.05) is 9.65 Å². The molecule has 0 aromatic heterocycles. The van der Waals surface area contributed by atoms with E-state index in [0.717, 1.165) is 18.4 Å². The van der Waals surface area contributed by atoms with Gasteiger partial charge in [-0.3, -0.25) is 14.5 Å². The Bertz CT molecular complexity index is 506. The highest BCUT2D eigenvalue weighted by Crippen LogP contribution is 2.43. The lowest BCUT2D eigenvalue weighted by atomic mass is 9.81. The minimum Gasteiger partial charge on any atom is -0.278 e. The molecule has 0 N–H and O–H groups in total. The SMILES string of the molecule is O=C1[C@H]2C[C@@H](Br)[C@H](Br)C[C@@H]2C(=O)N1Cc1ccccc1. The summed E-state index contributed by atoms with van der Waals surface area (Å²) in [4.78, 5) is 26.9. The number of hydrogen-bond donors (Lipinski definition) is 0. The summed E-state index contributed by atoms with van der Waals surface area (Å²) in [6.07, 6.45) is 1.47. The summed E-state index contributed by atoms with van der Waals surface area (Å²) < 4.78 is 0. The molecular weight excluding hydrogens is 386 g/mol. The molecule has 4 atom stereocenters. The normalized spacial score (nSPS) is 33.4. The van der Waals surface area contributed by atoms with Crippen LogP contribution in [0.2, 0.25) is 0 Å². The number of hydrogen-bond acceptors (Lipinski definition) is 2. The average Bonchev–Trinajstić information content (AvgIpc) is 2.66. The molecule has 1 saturated heterocycles. The van der Waals surface area contributed by atoms with Crippen molar-refractivity contribution < 1.29 is 9.59 Å². The van der Waals surface area contributed by atoms with E-state index in [0.29, 0.717) is 6.54 Å². The summed E-state index contributed by atoms with van der Waals surface area (Å²) in [5.74, 6) is -0.311. The zero-order chi connectivity index (χ0) is 14.3. The number of likely N-dealkylation sites (tertiary alicyclic amines) is 1. The van der Waals surface area contributed by atoms with Crippen LogP contribution in [0.3, 0.4) is 0 Å². The van der Waals surface area contributed by atoms with Crippen LogP contribution < -0.4 is 0 Å². The molecule has 0 spiro atoms. The molecule has 2 aliphatic rings. The summed E-state index contributed by atoms with van der Waals surface area (Å²) in [5.41, 5.74) is 0.999. The second-order valence-electron chi connectivity index (χ2n) is 5.46. The topological polar surface area (TPSA) is 37.4 Å². The molecule has 5 heteroatoms. The Morgan fingerprint density at radius 3 is 1.95 bits per heavy atom. The zero-order valence-corrected chi connectivity index (χ0v) is 14.0. The number of benzene rings is 1. The van der Waals surface area contributed by atoms with Crippen molar-refractivity contribution in [2.24, 2.45) is 11.8 Å². The molecule has 0 radical (unpaired) electrons. The van der Waals surface area contributed by atoms with Crippen LogP contribution in [-0.2, 0) is 16.1 Å². The Labute approximate surface area is 135 Å². The molecular formula is C15H15Br2NO2. The van der Waals surface area contributed by atoms with Crippen molar-refractivity contribution in [1.29, 1.82) is 0 Å². The minimum absolute atomic E-state index is 0.00676. The quantitative estimate of drug-likeness (QED) is 0.565. The van der Waals surface area contributed by atoms with Crippen LogP contribution in [0.5, 0.6) is 0 Å². The predicted molar refractivity (Wildman–Crippen MR) is 83.6 cm³/mol. The first-order valence-corrected chi connectivity index (χ1v) is 8.58. The minimum atomic E-state index is -0.149. The molecule has 1 aliphatic carbocycles. The number of halogens is 2. The molecule has 20 heavy (non-hydrogen) atoms. The van der Waals surface area contributed by atoms with Gasteiger partial charge in [-0.2, -0.15) is 0 Å². The molecule has 1 aromatic carbocycles. The lowest BCUT2D eigenvalue weighted by Crippen LogP contribution is -2.34. The van der Waals surface area contributed by atoms with Crippen molar-refractivity contribution in [3.05, 3.63) is 35.9 Å². The molecule has 1 saturated carbocycles. The molecule has 3 nitrogen and oxygen atoms in total. The highest BCUT2D eigenvalue weighted by molar-refractivity contribution is 9.12. The highest BCUT2D eigenvalue weighted by Gasteiger charge is 2.51. The number of alkyl halides is 2. The fourth-order valence-electron chi connectivity index (χ4n) is 3.09. The van der Waals surface area contributed by atoms with E-state index in [2.05, 4.69) is 31.9 Å². The molecule has 3 rings (SSSR count). The molecule has 2 amide bonds. The van der Waals surface area contributed by atoms with Gasteiger partial charge in [0.2, 0.25) is 11.8 Å². The van der Waals surface area contributed by atoms with E-state index in [1.807, 2.05) is 30.3 Å². The van der Waals surface area contributed by atoms with Crippen molar-refractivity contribution in [1.82, 2.24) is 4.90 Å². The van der Waals surface area contributed by atoms with Crippen LogP contribution in [0.1, 0.15) is 18.4 Å². The fourth-order valence-corrected chi connectivity index (χ4v) is 4.32. The third-order valence-electron chi connectivity index (χ3n) is 4.19. The maximum atomic E-state index is 12.5. The van der Waals surface area contributed by atoms with E-state index in [1.54, 1.807) is 0 Å². The standard InChI is InChI=1S/C15H15Br2NO2/c16-12-6-10-11(7-13(12)17)15(20)18(14(10)19)8-9-4-2-1-3-5-9/h1-5,10-13H,6-8H2/t10-,11-,12+,13+/m0/s1. The van der Waals surface area contributed by atoms with Gasteiger partial charge in [0.25, 0.3) is 0 Å². The second kappa shape index (κ2) is 5.60. The van der Waals surface area contributed by atoms with Crippen molar-refractivity contribution in [3.8, 4) is 0 Å². The summed E-state index contributed by atoms with van der Waals surface area (Å²) in [6.45, 7) is 0.394. The monoisotopic (exact) mass is 399 g/mol. The van der Waals surface area contributed by atoms with E-state index >= 15 is 0 Å². The molecule has 0 unspecified atom stereocenters. The second-order valence-corrected chi connectivity index (χ2v) is 7.82. The van der Waals surface area contributed by atoms with Gasteiger partial charge in [-0.05, 0) is 18.4 Å². The van der Waals surface area contributed by atoms with Gasteiger partial charge >= 0.3 is 0 Å². The first kappa shape index (κ1) is 14.3. The zero-order valence-electron chi connectivity index (χ0n) is 10.8. The number of imide groups is 1. The third-order valence-corrected chi connectivity index (χ3v) is 6.92. The fraction of sp³-hybridized carbons (Fsp3) is 0.467. The van der Waals surface area contributed by atoms with Gasteiger partial charge in [-0.1, -0.05) is 62.2 Å². The summed E-state index contributed by atoms with van der Waals surface area (Å²) >= 11 is 7.19. The Balaban J connectivity index is 1.80. The van der Waals surface area contributed by atoms with Crippen LogP contribution >= 0.6 is 31.9 Å². The number of rotatable bonds is 2. The van der Waals surface area contributed by atoms with E-state index in [4.69, 9.17) is 0 Å². The van der Waals surface area contributed by atoms with Crippen LogP contribution in [0.25, 0.3) is 0 Å². The average molecular weight is 401 g/mol. The summed E-state index contributed by atoms with van der Waals surface area (Å²) in [5, 5.41) is 0. The number of carbonyl (C=O) groups excluding carboxylic acids is 2. The number of carbonyl (C=O) groups is 2. The smallest absolute Gasteiger partial charge is 0.233 e.